The molecule has 0 spiro atoms. The Morgan fingerprint density at radius 1 is 1.60 bits per heavy atom. The molecule has 1 amide bonds. The zero-order valence-electron chi connectivity index (χ0n) is 9.45. The van der Waals surface area contributed by atoms with Gasteiger partial charge in [0.2, 0.25) is 5.91 Å². The summed E-state index contributed by atoms with van der Waals surface area (Å²) in [5, 5.41) is 9.29. The summed E-state index contributed by atoms with van der Waals surface area (Å²) in [7, 11) is 0. The van der Waals surface area contributed by atoms with Gasteiger partial charge in [0, 0.05) is 18.8 Å². The minimum atomic E-state index is -0.0225. The Bertz CT molecular complexity index is 221. The molecule has 1 heterocycles. The SMILES string of the molecule is CC(C)C[C@@H](CO)N1CC(CCl)CC1=O. The number of carbonyl (C=O) groups excluding carboxylic acids is 1. The second-order valence-electron chi connectivity index (χ2n) is 4.74. The van der Waals surface area contributed by atoms with Crippen LogP contribution in [-0.4, -0.2) is 41.0 Å². The third kappa shape index (κ3) is 3.35. The molecule has 0 saturated carbocycles. The van der Waals surface area contributed by atoms with Gasteiger partial charge in [-0.15, -0.1) is 11.6 Å². The first-order chi connectivity index (χ1) is 7.08. The number of aliphatic hydroxyl groups is 1. The standard InChI is InChI=1S/C11H20ClNO2/c1-8(2)3-10(7-14)13-6-9(5-12)4-11(13)15/h8-10,14H,3-7H2,1-2H3/t9?,10-/m0/s1. The molecule has 0 radical (unpaired) electrons. The smallest absolute Gasteiger partial charge is 0.223 e. The number of alkyl halides is 1. The molecule has 1 fully saturated rings. The maximum atomic E-state index is 11.7. The van der Waals surface area contributed by atoms with Crippen molar-refractivity contribution in [3.8, 4) is 0 Å². The molecule has 1 rings (SSSR count). The summed E-state index contributed by atoms with van der Waals surface area (Å²) >= 11 is 5.75. The number of rotatable bonds is 5. The molecular weight excluding hydrogens is 214 g/mol. The topological polar surface area (TPSA) is 40.5 Å². The Hall–Kier alpha value is -0.280. The van der Waals surface area contributed by atoms with Gasteiger partial charge in [-0.2, -0.15) is 0 Å². The quantitative estimate of drug-likeness (QED) is 0.731. The zero-order valence-corrected chi connectivity index (χ0v) is 10.2. The van der Waals surface area contributed by atoms with E-state index in [1.165, 1.54) is 0 Å². The summed E-state index contributed by atoms with van der Waals surface area (Å²) in [6, 6.07) is -0.0225. The van der Waals surface area contributed by atoms with Crippen LogP contribution in [0.25, 0.3) is 0 Å². The van der Waals surface area contributed by atoms with Crippen molar-refractivity contribution in [1.29, 1.82) is 0 Å². The van der Waals surface area contributed by atoms with Gasteiger partial charge in [0.1, 0.15) is 0 Å². The van der Waals surface area contributed by atoms with E-state index in [2.05, 4.69) is 13.8 Å². The number of carbonyl (C=O) groups is 1. The number of amides is 1. The Morgan fingerprint density at radius 2 is 2.27 bits per heavy atom. The molecule has 0 aromatic heterocycles. The van der Waals surface area contributed by atoms with E-state index in [0.717, 1.165) is 6.42 Å². The highest BCUT2D eigenvalue weighted by atomic mass is 35.5. The number of nitrogens with zero attached hydrogens (tertiary/aromatic N) is 1. The van der Waals surface area contributed by atoms with Gasteiger partial charge >= 0.3 is 0 Å². The monoisotopic (exact) mass is 233 g/mol. The number of halogens is 1. The molecule has 15 heavy (non-hydrogen) atoms. The summed E-state index contributed by atoms with van der Waals surface area (Å²) in [6.07, 6.45) is 1.40. The maximum Gasteiger partial charge on any atom is 0.223 e. The maximum absolute atomic E-state index is 11.7. The van der Waals surface area contributed by atoms with Gasteiger partial charge in [0.15, 0.2) is 0 Å². The van der Waals surface area contributed by atoms with E-state index >= 15 is 0 Å². The van der Waals surface area contributed by atoms with E-state index < -0.39 is 0 Å². The molecule has 0 aromatic carbocycles. The molecular formula is C11H20ClNO2. The Balaban J connectivity index is 2.57. The van der Waals surface area contributed by atoms with Crippen LogP contribution in [0.1, 0.15) is 26.7 Å². The molecule has 1 aliphatic rings. The van der Waals surface area contributed by atoms with Crippen molar-refractivity contribution in [3.05, 3.63) is 0 Å². The molecule has 0 bridgehead atoms. The van der Waals surface area contributed by atoms with E-state index in [1.54, 1.807) is 4.90 Å². The number of aliphatic hydroxyl groups excluding tert-OH is 1. The molecule has 1 aliphatic heterocycles. The molecule has 0 aliphatic carbocycles. The molecule has 4 heteroatoms. The zero-order chi connectivity index (χ0) is 11.4. The molecule has 3 nitrogen and oxygen atoms in total. The van der Waals surface area contributed by atoms with Gasteiger partial charge in [0.25, 0.3) is 0 Å². The lowest BCUT2D eigenvalue weighted by Crippen LogP contribution is -2.40. The second kappa shape index (κ2) is 5.71. The number of likely N-dealkylation sites (tertiary alicyclic amines) is 1. The van der Waals surface area contributed by atoms with Crippen LogP contribution in [0, 0.1) is 11.8 Å². The Morgan fingerprint density at radius 3 is 2.67 bits per heavy atom. The number of hydrogen-bond acceptors (Lipinski definition) is 2. The van der Waals surface area contributed by atoms with E-state index in [4.69, 9.17) is 11.6 Å². The van der Waals surface area contributed by atoms with Crippen molar-refractivity contribution in [3.63, 3.8) is 0 Å². The molecule has 0 aromatic rings. The minimum absolute atomic E-state index is 0.0225. The third-order valence-electron chi connectivity index (χ3n) is 2.85. The van der Waals surface area contributed by atoms with Gasteiger partial charge in [-0.25, -0.2) is 0 Å². The van der Waals surface area contributed by atoms with Gasteiger partial charge in [-0.3, -0.25) is 4.79 Å². The fourth-order valence-corrected chi connectivity index (χ4v) is 2.32. The van der Waals surface area contributed by atoms with E-state index in [-0.39, 0.29) is 24.5 Å². The summed E-state index contributed by atoms with van der Waals surface area (Å²) in [5.41, 5.74) is 0. The molecule has 1 N–H and O–H groups in total. The molecule has 1 saturated heterocycles. The second-order valence-corrected chi connectivity index (χ2v) is 5.05. The summed E-state index contributed by atoms with van der Waals surface area (Å²) in [4.78, 5) is 13.5. The van der Waals surface area contributed by atoms with Crippen LogP contribution >= 0.6 is 11.6 Å². The van der Waals surface area contributed by atoms with Crippen LogP contribution in [0.4, 0.5) is 0 Å². The lowest BCUT2D eigenvalue weighted by Gasteiger charge is -2.27. The average molecular weight is 234 g/mol. The fraction of sp³-hybridized carbons (Fsp3) is 0.909. The van der Waals surface area contributed by atoms with Crippen LogP contribution in [0.5, 0.6) is 0 Å². The van der Waals surface area contributed by atoms with Crippen LogP contribution in [-0.2, 0) is 4.79 Å². The summed E-state index contributed by atoms with van der Waals surface area (Å²) in [6.45, 7) is 4.96. The van der Waals surface area contributed by atoms with Crippen molar-refractivity contribution >= 4 is 17.5 Å². The van der Waals surface area contributed by atoms with Crippen molar-refractivity contribution in [2.45, 2.75) is 32.7 Å². The van der Waals surface area contributed by atoms with E-state index in [0.29, 0.717) is 24.8 Å². The highest BCUT2D eigenvalue weighted by Gasteiger charge is 2.33. The average Bonchev–Trinajstić information content (AvgIpc) is 2.56. The largest absolute Gasteiger partial charge is 0.394 e. The van der Waals surface area contributed by atoms with Crippen LogP contribution in [0.2, 0.25) is 0 Å². The first-order valence-electron chi connectivity index (χ1n) is 5.54. The first-order valence-corrected chi connectivity index (χ1v) is 6.08. The molecule has 1 unspecified atom stereocenters. The van der Waals surface area contributed by atoms with Gasteiger partial charge in [-0.05, 0) is 18.3 Å². The Labute approximate surface area is 96.4 Å². The Kier molecular flexibility index (Phi) is 4.87. The van der Waals surface area contributed by atoms with Crippen molar-refractivity contribution in [2.24, 2.45) is 11.8 Å². The highest BCUT2D eigenvalue weighted by Crippen LogP contribution is 2.23. The lowest BCUT2D eigenvalue weighted by atomic mass is 10.0. The normalized spacial score (nSPS) is 23.9. The minimum Gasteiger partial charge on any atom is -0.394 e. The van der Waals surface area contributed by atoms with Gasteiger partial charge in [0.05, 0.1) is 12.6 Å². The predicted octanol–water partition coefficient (Wildman–Crippen LogP) is 1.48. The van der Waals surface area contributed by atoms with Crippen LogP contribution < -0.4 is 0 Å². The summed E-state index contributed by atoms with van der Waals surface area (Å²) < 4.78 is 0. The fourth-order valence-electron chi connectivity index (χ4n) is 2.11. The van der Waals surface area contributed by atoms with Crippen LogP contribution in [0.15, 0.2) is 0 Å². The predicted molar refractivity (Wildman–Crippen MR) is 60.9 cm³/mol. The highest BCUT2D eigenvalue weighted by molar-refractivity contribution is 6.18. The number of hydrogen-bond donors (Lipinski definition) is 1. The first kappa shape index (κ1) is 12.8. The van der Waals surface area contributed by atoms with E-state index in [9.17, 15) is 9.90 Å². The van der Waals surface area contributed by atoms with E-state index in [1.807, 2.05) is 0 Å². The van der Waals surface area contributed by atoms with Crippen LogP contribution in [0.3, 0.4) is 0 Å². The summed E-state index contributed by atoms with van der Waals surface area (Å²) in [5.74, 6) is 1.42. The van der Waals surface area contributed by atoms with Crippen molar-refractivity contribution in [2.75, 3.05) is 19.0 Å². The van der Waals surface area contributed by atoms with Crippen molar-refractivity contribution < 1.29 is 9.90 Å². The van der Waals surface area contributed by atoms with Gasteiger partial charge < -0.3 is 10.0 Å². The molecule has 2 atom stereocenters. The third-order valence-corrected chi connectivity index (χ3v) is 3.29. The molecule has 88 valence electrons. The lowest BCUT2D eigenvalue weighted by molar-refractivity contribution is -0.130. The van der Waals surface area contributed by atoms with Gasteiger partial charge in [-0.1, -0.05) is 13.8 Å². The van der Waals surface area contributed by atoms with Crippen molar-refractivity contribution in [1.82, 2.24) is 4.90 Å².